The van der Waals surface area contributed by atoms with Crippen molar-refractivity contribution < 1.29 is 4.42 Å². The van der Waals surface area contributed by atoms with Gasteiger partial charge in [0.15, 0.2) is 0 Å². The van der Waals surface area contributed by atoms with Gasteiger partial charge >= 0.3 is 0 Å². The van der Waals surface area contributed by atoms with E-state index in [2.05, 4.69) is 181 Å². The van der Waals surface area contributed by atoms with Crippen LogP contribution in [0.1, 0.15) is 0 Å². The summed E-state index contributed by atoms with van der Waals surface area (Å²) in [4.78, 5) is 2.43. The predicted octanol–water partition coefficient (Wildman–Crippen LogP) is 13.8. The maximum Gasteiger partial charge on any atom is 0.136 e. The summed E-state index contributed by atoms with van der Waals surface area (Å²) in [5.74, 6) is 0. The first kappa shape index (κ1) is 28.4. The fourth-order valence-electron chi connectivity index (χ4n) is 7.72. The van der Waals surface area contributed by atoms with Gasteiger partial charge in [-0.2, -0.15) is 0 Å². The Hall–Kier alpha value is -6.64. The zero-order valence-electron chi connectivity index (χ0n) is 27.3. The largest absolute Gasteiger partial charge is 0.456 e. The molecule has 0 spiro atoms. The molecule has 0 bridgehead atoms. The first-order valence-electron chi connectivity index (χ1n) is 17.1. The number of fused-ring (bicyclic) bond motifs is 8. The normalized spacial score (nSPS) is 11.6. The van der Waals surface area contributed by atoms with Gasteiger partial charge in [-0.3, -0.25) is 0 Å². The number of hydrogen-bond donors (Lipinski definition) is 0. The highest BCUT2D eigenvalue weighted by molar-refractivity contribution is 6.24. The molecule has 2 heteroatoms. The van der Waals surface area contributed by atoms with E-state index in [1.807, 2.05) is 12.1 Å². The molecule has 10 aromatic rings. The highest BCUT2D eigenvalue weighted by Gasteiger charge is 2.20. The highest BCUT2D eigenvalue weighted by Crippen LogP contribution is 2.46. The Kier molecular flexibility index (Phi) is 6.53. The number of furan rings is 1. The van der Waals surface area contributed by atoms with Crippen LogP contribution in [-0.4, -0.2) is 0 Å². The number of hydrogen-bond acceptors (Lipinski definition) is 2. The monoisotopic (exact) mass is 637 g/mol. The van der Waals surface area contributed by atoms with Crippen molar-refractivity contribution in [3.05, 3.63) is 188 Å². The van der Waals surface area contributed by atoms with Gasteiger partial charge in [-0.05, 0) is 91.6 Å². The highest BCUT2D eigenvalue weighted by atomic mass is 16.3. The van der Waals surface area contributed by atoms with E-state index in [9.17, 15) is 0 Å². The summed E-state index contributed by atoms with van der Waals surface area (Å²) in [6.45, 7) is 0. The predicted molar refractivity (Wildman–Crippen MR) is 212 cm³/mol. The van der Waals surface area contributed by atoms with Crippen LogP contribution in [-0.2, 0) is 0 Å². The van der Waals surface area contributed by atoms with Gasteiger partial charge in [0.05, 0.1) is 5.69 Å². The average molecular weight is 638 g/mol. The van der Waals surface area contributed by atoms with Crippen LogP contribution < -0.4 is 4.90 Å². The van der Waals surface area contributed by atoms with Crippen molar-refractivity contribution in [2.45, 2.75) is 0 Å². The van der Waals surface area contributed by atoms with Gasteiger partial charge in [-0.15, -0.1) is 0 Å². The molecule has 0 amide bonds. The van der Waals surface area contributed by atoms with Crippen LogP contribution in [0.4, 0.5) is 17.1 Å². The van der Waals surface area contributed by atoms with Crippen LogP contribution in [0.25, 0.3) is 76.5 Å². The van der Waals surface area contributed by atoms with E-state index in [0.717, 1.165) is 50.1 Å². The summed E-state index contributed by atoms with van der Waals surface area (Å²) in [6.07, 6.45) is 0. The number of benzene rings is 9. The Morgan fingerprint density at radius 3 is 1.82 bits per heavy atom. The lowest BCUT2D eigenvalue weighted by Crippen LogP contribution is -2.11. The summed E-state index contributed by atoms with van der Waals surface area (Å²) in [7, 11) is 0. The lowest BCUT2D eigenvalue weighted by Gasteiger charge is -2.28. The van der Waals surface area contributed by atoms with Crippen molar-refractivity contribution in [2.24, 2.45) is 0 Å². The number of anilines is 3. The van der Waals surface area contributed by atoms with Crippen LogP contribution in [0.15, 0.2) is 192 Å². The topological polar surface area (TPSA) is 16.4 Å². The summed E-state index contributed by atoms with van der Waals surface area (Å²) in [5, 5.41) is 9.72. The third-order valence-electron chi connectivity index (χ3n) is 10.0. The van der Waals surface area contributed by atoms with E-state index >= 15 is 0 Å². The molecule has 0 radical (unpaired) electrons. The van der Waals surface area contributed by atoms with Crippen molar-refractivity contribution in [2.75, 3.05) is 4.90 Å². The van der Waals surface area contributed by atoms with Crippen molar-refractivity contribution in [1.29, 1.82) is 0 Å². The summed E-state index contributed by atoms with van der Waals surface area (Å²) in [6, 6.07) is 67.6. The van der Waals surface area contributed by atoms with Gasteiger partial charge in [-0.25, -0.2) is 0 Å². The molecule has 10 rings (SSSR count). The van der Waals surface area contributed by atoms with E-state index in [0.29, 0.717) is 0 Å². The molecule has 9 aromatic carbocycles. The summed E-state index contributed by atoms with van der Waals surface area (Å²) < 4.78 is 6.29. The number of nitrogens with zero attached hydrogens (tertiary/aromatic N) is 1. The Labute approximate surface area is 290 Å². The molecule has 0 aliphatic heterocycles. The molecule has 0 atom stereocenters. The molecule has 0 saturated heterocycles. The minimum atomic E-state index is 0.898. The Balaban J connectivity index is 1.24. The fraction of sp³-hybridized carbons (Fsp3) is 0. The van der Waals surface area contributed by atoms with Gasteiger partial charge in [0.25, 0.3) is 0 Å². The molecule has 2 nitrogen and oxygen atoms in total. The van der Waals surface area contributed by atoms with Gasteiger partial charge in [0, 0.05) is 27.5 Å². The second-order valence-corrected chi connectivity index (χ2v) is 12.9. The van der Waals surface area contributed by atoms with Crippen LogP contribution in [0.5, 0.6) is 0 Å². The maximum atomic E-state index is 6.29. The molecule has 0 fully saturated rings. The van der Waals surface area contributed by atoms with Crippen molar-refractivity contribution >= 4 is 71.3 Å². The van der Waals surface area contributed by atoms with Gasteiger partial charge in [-0.1, -0.05) is 146 Å². The second kappa shape index (κ2) is 11.5. The molecule has 234 valence electrons. The molecule has 0 N–H and O–H groups in total. The third kappa shape index (κ3) is 4.57. The minimum absolute atomic E-state index is 0.898. The van der Waals surface area contributed by atoms with Crippen molar-refractivity contribution in [3.8, 4) is 22.3 Å². The van der Waals surface area contributed by atoms with Gasteiger partial charge in [0.2, 0.25) is 0 Å². The lowest BCUT2D eigenvalue weighted by molar-refractivity contribution is 0.669. The van der Waals surface area contributed by atoms with Gasteiger partial charge < -0.3 is 9.32 Å². The Bertz CT molecular complexity index is 2850. The molecule has 1 aromatic heterocycles. The van der Waals surface area contributed by atoms with Crippen LogP contribution >= 0.6 is 0 Å². The quantitative estimate of drug-likeness (QED) is 0.175. The first-order valence-corrected chi connectivity index (χ1v) is 17.1. The maximum absolute atomic E-state index is 6.29. The molecule has 50 heavy (non-hydrogen) atoms. The van der Waals surface area contributed by atoms with E-state index in [1.54, 1.807) is 0 Å². The summed E-state index contributed by atoms with van der Waals surface area (Å²) in [5.41, 5.74) is 9.82. The molecule has 0 saturated carbocycles. The molecule has 1 heterocycles. The summed E-state index contributed by atoms with van der Waals surface area (Å²) >= 11 is 0. The fourth-order valence-corrected chi connectivity index (χ4v) is 7.72. The Morgan fingerprint density at radius 2 is 0.980 bits per heavy atom. The smallest absolute Gasteiger partial charge is 0.136 e. The average Bonchev–Trinajstić information content (AvgIpc) is 3.58. The molecule has 0 unspecified atom stereocenters. The molecule has 0 aliphatic rings. The lowest BCUT2D eigenvalue weighted by atomic mass is 9.94. The van der Waals surface area contributed by atoms with Crippen LogP contribution in [0, 0.1) is 0 Å². The number of rotatable bonds is 5. The van der Waals surface area contributed by atoms with Crippen molar-refractivity contribution in [3.63, 3.8) is 0 Å². The van der Waals surface area contributed by atoms with Gasteiger partial charge in [0.1, 0.15) is 11.2 Å². The first-order chi connectivity index (χ1) is 24.8. The Morgan fingerprint density at radius 1 is 0.340 bits per heavy atom. The van der Waals surface area contributed by atoms with E-state index in [4.69, 9.17) is 4.42 Å². The standard InChI is InChI=1S/C48H31NO/c1-2-12-32(13-3-1)33-24-27-37(28-25-33)49(44-31-36-15-5-7-19-40(36)47-39-18-6-4-14-34(39)26-29-42(44)47)38-17-10-16-35(30-38)41-21-11-23-46-48(41)43-20-8-9-22-45(43)50-46/h1-31H. The van der Waals surface area contributed by atoms with Crippen LogP contribution in [0.3, 0.4) is 0 Å². The number of para-hydroxylation sites is 1. The minimum Gasteiger partial charge on any atom is -0.456 e. The van der Waals surface area contributed by atoms with Crippen molar-refractivity contribution in [1.82, 2.24) is 0 Å². The second-order valence-electron chi connectivity index (χ2n) is 12.9. The van der Waals surface area contributed by atoms with Crippen LogP contribution in [0.2, 0.25) is 0 Å². The van der Waals surface area contributed by atoms with E-state index < -0.39 is 0 Å². The van der Waals surface area contributed by atoms with E-state index in [1.165, 1.54) is 43.4 Å². The molecule has 0 aliphatic carbocycles. The molecular weight excluding hydrogens is 607 g/mol. The zero-order valence-corrected chi connectivity index (χ0v) is 27.3. The third-order valence-corrected chi connectivity index (χ3v) is 10.0. The van der Waals surface area contributed by atoms with E-state index in [-0.39, 0.29) is 0 Å². The SMILES string of the molecule is c1ccc(-c2ccc(N(c3cccc(-c4cccc5oc6ccccc6c45)c3)c3cc4ccccc4c4c3ccc3ccccc34)cc2)cc1. The molecular formula is C48H31NO. The zero-order chi connectivity index (χ0) is 33.0.